The molecule has 0 spiro atoms. The Balaban J connectivity index is 0.00000312. The van der Waals surface area contributed by atoms with Crippen LogP contribution >= 0.6 is 24.8 Å². The molecule has 0 aromatic heterocycles. The first-order valence-corrected chi connectivity index (χ1v) is 9.09. The van der Waals surface area contributed by atoms with E-state index in [0.29, 0.717) is 12.3 Å². The number of hydrogen-bond acceptors (Lipinski definition) is 4. The van der Waals surface area contributed by atoms with Crippen LogP contribution in [0.4, 0.5) is 5.69 Å². The molecule has 1 aromatic rings. The van der Waals surface area contributed by atoms with Gasteiger partial charge >= 0.3 is 0 Å². The van der Waals surface area contributed by atoms with Gasteiger partial charge < -0.3 is 20.7 Å². The number of methoxy groups -OCH3 is 1. The minimum Gasteiger partial charge on any atom is -0.495 e. The topological polar surface area (TPSA) is 67.6 Å². The predicted molar refractivity (Wildman–Crippen MR) is 113 cm³/mol. The molecule has 1 aliphatic rings. The van der Waals surface area contributed by atoms with Crippen molar-refractivity contribution in [3.63, 3.8) is 0 Å². The van der Waals surface area contributed by atoms with Crippen LogP contribution in [0.5, 0.6) is 5.75 Å². The molecule has 150 valence electrons. The number of ether oxygens (including phenoxy) is 1. The third-order valence-electron chi connectivity index (χ3n) is 4.66. The monoisotopic (exact) mass is 405 g/mol. The van der Waals surface area contributed by atoms with E-state index in [2.05, 4.69) is 16.3 Å². The summed E-state index contributed by atoms with van der Waals surface area (Å²) in [5.41, 5.74) is 6.62. The normalized spacial score (nSPS) is 15.8. The number of nitrogens with one attached hydrogen (secondary N) is 1. The van der Waals surface area contributed by atoms with E-state index in [1.807, 2.05) is 18.2 Å². The van der Waals surface area contributed by atoms with Gasteiger partial charge in [0.2, 0.25) is 5.91 Å². The lowest BCUT2D eigenvalue weighted by Gasteiger charge is -2.21. The number of para-hydroxylation sites is 2. The van der Waals surface area contributed by atoms with E-state index in [1.165, 1.54) is 0 Å². The molecule has 0 aliphatic carbocycles. The molecule has 1 fully saturated rings. The molecule has 1 amide bonds. The highest BCUT2D eigenvalue weighted by molar-refractivity contribution is 5.85. The number of nitrogens with zero attached hydrogens (tertiary/aromatic N) is 1. The SMILES string of the molecule is COc1ccccc1N1CCC(CNC(=O)CCCCCCN)C1.Cl.Cl. The standard InChI is InChI=1S/C19H31N3O2.2ClH/c1-24-18-9-6-5-8-17(18)22-13-11-16(15-22)14-21-19(23)10-4-2-3-7-12-20;;/h5-6,8-9,16H,2-4,7,10-15,20H2,1H3,(H,21,23);2*1H. The lowest BCUT2D eigenvalue weighted by Crippen LogP contribution is -2.30. The first-order valence-electron chi connectivity index (χ1n) is 9.09. The number of halogens is 2. The number of carbonyl (C=O) groups is 1. The fourth-order valence-electron chi connectivity index (χ4n) is 3.24. The molecule has 7 heteroatoms. The molecular formula is C19H33Cl2N3O2. The van der Waals surface area contributed by atoms with Gasteiger partial charge in [-0.2, -0.15) is 0 Å². The van der Waals surface area contributed by atoms with Gasteiger partial charge in [0.15, 0.2) is 0 Å². The van der Waals surface area contributed by atoms with Crippen LogP contribution < -0.4 is 20.7 Å². The largest absolute Gasteiger partial charge is 0.495 e. The quantitative estimate of drug-likeness (QED) is 0.585. The smallest absolute Gasteiger partial charge is 0.220 e. The maximum absolute atomic E-state index is 11.9. The van der Waals surface area contributed by atoms with E-state index in [4.69, 9.17) is 10.5 Å². The summed E-state index contributed by atoms with van der Waals surface area (Å²) in [7, 11) is 1.71. The highest BCUT2D eigenvalue weighted by atomic mass is 35.5. The van der Waals surface area contributed by atoms with Gasteiger partial charge in [0.25, 0.3) is 0 Å². The maximum atomic E-state index is 11.9. The average molecular weight is 406 g/mol. The van der Waals surface area contributed by atoms with Gasteiger partial charge in [-0.15, -0.1) is 24.8 Å². The van der Waals surface area contributed by atoms with E-state index >= 15 is 0 Å². The van der Waals surface area contributed by atoms with Gasteiger partial charge in [0, 0.05) is 26.1 Å². The van der Waals surface area contributed by atoms with E-state index in [-0.39, 0.29) is 30.7 Å². The van der Waals surface area contributed by atoms with Crippen LogP contribution in [0.1, 0.15) is 38.5 Å². The first-order chi connectivity index (χ1) is 11.7. The number of hydrogen-bond donors (Lipinski definition) is 2. The predicted octanol–water partition coefficient (Wildman–Crippen LogP) is 3.39. The fraction of sp³-hybridized carbons (Fsp3) is 0.632. The third kappa shape index (κ3) is 8.02. The number of amides is 1. The molecule has 2 rings (SSSR count). The van der Waals surface area contributed by atoms with Crippen molar-refractivity contribution in [1.82, 2.24) is 5.32 Å². The molecule has 0 saturated carbocycles. The Labute approximate surface area is 169 Å². The van der Waals surface area contributed by atoms with Crippen LogP contribution in [0.3, 0.4) is 0 Å². The summed E-state index contributed by atoms with van der Waals surface area (Å²) in [5, 5.41) is 3.09. The van der Waals surface area contributed by atoms with Gasteiger partial charge in [0.05, 0.1) is 12.8 Å². The van der Waals surface area contributed by atoms with Crippen LogP contribution in [-0.2, 0) is 4.79 Å². The van der Waals surface area contributed by atoms with E-state index in [0.717, 1.165) is 69.7 Å². The maximum Gasteiger partial charge on any atom is 0.220 e. The lowest BCUT2D eigenvalue weighted by molar-refractivity contribution is -0.121. The Morgan fingerprint density at radius 3 is 2.69 bits per heavy atom. The Kier molecular flexibility index (Phi) is 13.3. The lowest BCUT2D eigenvalue weighted by atomic mass is 10.1. The van der Waals surface area contributed by atoms with Crippen LogP contribution in [0.15, 0.2) is 24.3 Å². The molecule has 1 saturated heterocycles. The summed E-state index contributed by atoms with van der Waals surface area (Å²) in [6.45, 7) is 3.50. The van der Waals surface area contributed by atoms with E-state index in [1.54, 1.807) is 7.11 Å². The Bertz CT molecular complexity index is 517. The highest BCUT2D eigenvalue weighted by Crippen LogP contribution is 2.31. The molecule has 1 aromatic carbocycles. The Morgan fingerprint density at radius 1 is 1.23 bits per heavy atom. The zero-order chi connectivity index (χ0) is 17.2. The van der Waals surface area contributed by atoms with Crippen LogP contribution in [0.25, 0.3) is 0 Å². The van der Waals surface area contributed by atoms with Crippen molar-refractivity contribution < 1.29 is 9.53 Å². The molecular weight excluding hydrogens is 373 g/mol. The average Bonchev–Trinajstić information content (AvgIpc) is 3.08. The fourth-order valence-corrected chi connectivity index (χ4v) is 3.24. The molecule has 3 N–H and O–H groups in total. The number of carbonyl (C=O) groups excluding carboxylic acids is 1. The van der Waals surface area contributed by atoms with Crippen LogP contribution in [-0.4, -0.2) is 39.2 Å². The van der Waals surface area contributed by atoms with E-state index < -0.39 is 0 Å². The minimum atomic E-state index is 0. The van der Waals surface area contributed by atoms with Crippen molar-refractivity contribution in [2.45, 2.75) is 38.5 Å². The summed E-state index contributed by atoms with van der Waals surface area (Å²) < 4.78 is 5.44. The summed E-state index contributed by atoms with van der Waals surface area (Å²) in [4.78, 5) is 14.3. The second-order valence-corrected chi connectivity index (χ2v) is 6.53. The molecule has 0 bridgehead atoms. The molecule has 5 nitrogen and oxygen atoms in total. The van der Waals surface area contributed by atoms with Gasteiger partial charge in [-0.25, -0.2) is 0 Å². The Hall–Kier alpha value is -1.17. The minimum absolute atomic E-state index is 0. The molecule has 0 radical (unpaired) electrons. The van der Waals surface area contributed by atoms with Crippen molar-refractivity contribution in [3.05, 3.63) is 24.3 Å². The number of anilines is 1. The zero-order valence-electron chi connectivity index (χ0n) is 15.6. The summed E-state index contributed by atoms with van der Waals surface area (Å²) in [6, 6.07) is 8.12. The van der Waals surface area contributed by atoms with Crippen molar-refractivity contribution in [1.29, 1.82) is 0 Å². The summed E-state index contributed by atoms with van der Waals surface area (Å²) >= 11 is 0. The van der Waals surface area contributed by atoms with Crippen molar-refractivity contribution in [2.75, 3.05) is 38.2 Å². The third-order valence-corrected chi connectivity index (χ3v) is 4.66. The highest BCUT2D eigenvalue weighted by Gasteiger charge is 2.24. The molecule has 1 unspecified atom stereocenters. The van der Waals surface area contributed by atoms with Gasteiger partial charge in [-0.05, 0) is 43.9 Å². The van der Waals surface area contributed by atoms with Gasteiger partial charge in [-0.3, -0.25) is 4.79 Å². The number of unbranched alkanes of at least 4 members (excludes halogenated alkanes) is 3. The first kappa shape index (κ1) is 24.8. The van der Waals surface area contributed by atoms with Gasteiger partial charge in [-0.1, -0.05) is 25.0 Å². The second-order valence-electron chi connectivity index (χ2n) is 6.53. The Morgan fingerprint density at radius 2 is 1.96 bits per heavy atom. The summed E-state index contributed by atoms with van der Waals surface area (Å²) in [6.07, 6.45) is 5.98. The number of nitrogens with two attached hydrogens (primary N) is 1. The summed E-state index contributed by atoms with van der Waals surface area (Å²) in [5.74, 6) is 1.61. The van der Waals surface area contributed by atoms with Gasteiger partial charge in [0.1, 0.15) is 5.75 Å². The molecule has 1 heterocycles. The second kappa shape index (κ2) is 14.0. The van der Waals surface area contributed by atoms with E-state index in [9.17, 15) is 4.79 Å². The van der Waals surface area contributed by atoms with Crippen molar-refractivity contribution in [2.24, 2.45) is 11.7 Å². The van der Waals surface area contributed by atoms with Crippen molar-refractivity contribution >= 4 is 36.4 Å². The molecule has 1 aliphatic heterocycles. The van der Waals surface area contributed by atoms with Crippen molar-refractivity contribution in [3.8, 4) is 5.75 Å². The number of rotatable bonds is 10. The number of benzene rings is 1. The van der Waals surface area contributed by atoms with Crippen LogP contribution in [0, 0.1) is 5.92 Å². The molecule has 1 atom stereocenters. The molecule has 26 heavy (non-hydrogen) atoms. The zero-order valence-corrected chi connectivity index (χ0v) is 17.2. The van der Waals surface area contributed by atoms with Crippen LogP contribution in [0.2, 0.25) is 0 Å².